The van der Waals surface area contributed by atoms with Gasteiger partial charge in [-0.25, -0.2) is 23.1 Å². The second kappa shape index (κ2) is 8.78. The molecule has 27 heavy (non-hydrogen) atoms. The molecule has 10 heteroatoms. The van der Waals surface area contributed by atoms with Crippen LogP contribution in [0.1, 0.15) is 10.4 Å². The minimum atomic E-state index is -1.65. The largest absolute Gasteiger partial charge is 0.379 e. The Morgan fingerprint density at radius 3 is 2.52 bits per heavy atom. The Kier molecular flexibility index (Phi) is 6.20. The quantitative estimate of drug-likeness (QED) is 0.744. The van der Waals surface area contributed by atoms with E-state index in [0.29, 0.717) is 12.5 Å². The van der Waals surface area contributed by atoms with Crippen molar-refractivity contribution in [1.82, 2.24) is 14.9 Å². The lowest BCUT2D eigenvalue weighted by Crippen LogP contribution is -2.39. The number of morpholine rings is 1. The number of carbonyl (C=O) groups excluding carboxylic acids is 1. The predicted molar refractivity (Wildman–Crippen MR) is 92.0 cm³/mol. The fourth-order valence-corrected chi connectivity index (χ4v) is 2.50. The van der Waals surface area contributed by atoms with E-state index in [-0.39, 0.29) is 5.56 Å². The van der Waals surface area contributed by atoms with Crippen LogP contribution in [0.3, 0.4) is 0 Å². The van der Waals surface area contributed by atoms with Gasteiger partial charge in [-0.1, -0.05) is 0 Å². The number of anilines is 2. The molecule has 0 bridgehead atoms. The fraction of sp³-hybridized carbons (Fsp3) is 0.353. The monoisotopic (exact) mass is 381 g/mol. The van der Waals surface area contributed by atoms with Gasteiger partial charge in [0.1, 0.15) is 0 Å². The van der Waals surface area contributed by atoms with Gasteiger partial charge in [-0.15, -0.1) is 0 Å². The van der Waals surface area contributed by atoms with Crippen molar-refractivity contribution < 1.29 is 22.7 Å². The van der Waals surface area contributed by atoms with E-state index in [1.165, 1.54) is 12.4 Å². The van der Waals surface area contributed by atoms with Gasteiger partial charge in [-0.3, -0.25) is 9.69 Å². The molecule has 0 radical (unpaired) electrons. The number of hydrogen-bond donors (Lipinski definition) is 2. The zero-order valence-corrected chi connectivity index (χ0v) is 14.3. The number of amides is 1. The molecule has 144 valence electrons. The molecule has 1 aromatic heterocycles. The van der Waals surface area contributed by atoms with E-state index in [1.807, 2.05) is 0 Å². The van der Waals surface area contributed by atoms with E-state index >= 15 is 0 Å². The van der Waals surface area contributed by atoms with Gasteiger partial charge in [0.25, 0.3) is 5.91 Å². The highest BCUT2D eigenvalue weighted by Gasteiger charge is 2.16. The van der Waals surface area contributed by atoms with Gasteiger partial charge < -0.3 is 15.4 Å². The van der Waals surface area contributed by atoms with Crippen LogP contribution in [0, 0.1) is 17.5 Å². The zero-order chi connectivity index (χ0) is 19.2. The maximum absolute atomic E-state index is 13.6. The Morgan fingerprint density at radius 1 is 1.11 bits per heavy atom. The van der Waals surface area contributed by atoms with Crippen molar-refractivity contribution in [1.29, 1.82) is 0 Å². The van der Waals surface area contributed by atoms with Crippen molar-refractivity contribution in [3.63, 3.8) is 0 Å². The van der Waals surface area contributed by atoms with Crippen LogP contribution in [-0.4, -0.2) is 60.2 Å². The smallest absolute Gasteiger partial charge is 0.258 e. The number of benzene rings is 1. The van der Waals surface area contributed by atoms with Crippen LogP contribution in [0.15, 0.2) is 24.5 Å². The van der Waals surface area contributed by atoms with Crippen LogP contribution in [0.25, 0.3) is 0 Å². The molecule has 0 saturated carbocycles. The van der Waals surface area contributed by atoms with Gasteiger partial charge in [0, 0.05) is 38.6 Å². The molecule has 2 N–H and O–H groups in total. The standard InChI is InChI=1S/C17H18F3N5O2/c18-12-1-2-13(15(20)14(12)19)24-16(26)11-9-22-17(23-10-11)21-3-4-25-5-7-27-8-6-25/h1-2,9-10H,3-8H2,(H,24,26)(H,21,22,23). The molecule has 2 aromatic rings. The number of nitrogens with one attached hydrogen (secondary N) is 2. The normalized spacial score (nSPS) is 14.8. The minimum Gasteiger partial charge on any atom is -0.379 e. The van der Waals surface area contributed by atoms with Crippen LogP contribution in [0.5, 0.6) is 0 Å². The second-order valence-corrected chi connectivity index (χ2v) is 5.85. The lowest BCUT2D eigenvalue weighted by molar-refractivity contribution is 0.0398. The highest BCUT2D eigenvalue weighted by molar-refractivity contribution is 6.03. The van der Waals surface area contributed by atoms with E-state index in [2.05, 4.69) is 25.5 Å². The number of rotatable bonds is 6. The highest BCUT2D eigenvalue weighted by Crippen LogP contribution is 2.20. The molecule has 0 unspecified atom stereocenters. The highest BCUT2D eigenvalue weighted by atomic mass is 19.2. The molecule has 0 atom stereocenters. The first kappa shape index (κ1) is 19.1. The van der Waals surface area contributed by atoms with E-state index in [4.69, 9.17) is 4.74 Å². The second-order valence-electron chi connectivity index (χ2n) is 5.85. The fourth-order valence-electron chi connectivity index (χ4n) is 2.50. The average Bonchev–Trinajstić information content (AvgIpc) is 2.70. The van der Waals surface area contributed by atoms with Crippen LogP contribution in [0.4, 0.5) is 24.8 Å². The Morgan fingerprint density at radius 2 is 1.81 bits per heavy atom. The number of nitrogens with zero attached hydrogens (tertiary/aromatic N) is 3. The van der Waals surface area contributed by atoms with Crippen LogP contribution < -0.4 is 10.6 Å². The van der Waals surface area contributed by atoms with Crippen molar-refractivity contribution in [2.75, 3.05) is 50.0 Å². The molecule has 3 rings (SSSR count). The van der Waals surface area contributed by atoms with Crippen molar-refractivity contribution in [2.24, 2.45) is 0 Å². The molecule has 0 spiro atoms. The first-order valence-corrected chi connectivity index (χ1v) is 8.35. The van der Waals surface area contributed by atoms with Gasteiger partial charge in [-0.2, -0.15) is 0 Å². The molecule has 1 aliphatic rings. The van der Waals surface area contributed by atoms with Crippen molar-refractivity contribution >= 4 is 17.5 Å². The van der Waals surface area contributed by atoms with Gasteiger partial charge >= 0.3 is 0 Å². The van der Waals surface area contributed by atoms with Crippen molar-refractivity contribution in [3.05, 3.63) is 47.5 Å². The molecular weight excluding hydrogens is 363 g/mol. The van der Waals surface area contributed by atoms with E-state index < -0.39 is 29.0 Å². The summed E-state index contributed by atoms with van der Waals surface area (Å²) >= 11 is 0. The average molecular weight is 381 g/mol. The lowest BCUT2D eigenvalue weighted by atomic mass is 10.2. The van der Waals surface area contributed by atoms with Gasteiger partial charge in [-0.05, 0) is 12.1 Å². The molecule has 1 fully saturated rings. The van der Waals surface area contributed by atoms with Gasteiger partial charge in [0.2, 0.25) is 5.95 Å². The summed E-state index contributed by atoms with van der Waals surface area (Å²) in [5.74, 6) is -4.84. The number of carbonyl (C=O) groups is 1. The Bertz CT molecular complexity index is 798. The molecule has 1 aromatic carbocycles. The first-order chi connectivity index (χ1) is 13.0. The van der Waals surface area contributed by atoms with Crippen molar-refractivity contribution in [3.8, 4) is 0 Å². The minimum absolute atomic E-state index is 0.0536. The molecule has 7 nitrogen and oxygen atoms in total. The summed E-state index contributed by atoms with van der Waals surface area (Å²) in [6.45, 7) is 4.64. The predicted octanol–water partition coefficient (Wildman–Crippen LogP) is 1.89. The van der Waals surface area contributed by atoms with E-state index in [0.717, 1.165) is 45.0 Å². The van der Waals surface area contributed by atoms with Crippen LogP contribution in [0.2, 0.25) is 0 Å². The van der Waals surface area contributed by atoms with Gasteiger partial charge in [0.15, 0.2) is 17.5 Å². The summed E-state index contributed by atoms with van der Waals surface area (Å²) < 4.78 is 45.0. The third-order valence-electron chi connectivity index (χ3n) is 4.01. The molecule has 0 aliphatic carbocycles. The number of hydrogen-bond acceptors (Lipinski definition) is 6. The maximum Gasteiger partial charge on any atom is 0.258 e. The third-order valence-corrected chi connectivity index (χ3v) is 4.01. The summed E-state index contributed by atoms with van der Waals surface area (Å²) in [5, 5.41) is 5.20. The van der Waals surface area contributed by atoms with Crippen molar-refractivity contribution in [2.45, 2.75) is 0 Å². The molecule has 2 heterocycles. The Hall–Kier alpha value is -2.72. The molecule has 1 aliphatic heterocycles. The molecule has 1 amide bonds. The number of halogens is 3. The number of aromatic nitrogens is 2. The van der Waals surface area contributed by atoms with Crippen LogP contribution >= 0.6 is 0 Å². The SMILES string of the molecule is O=C(Nc1ccc(F)c(F)c1F)c1cnc(NCCN2CCOCC2)nc1. The maximum atomic E-state index is 13.6. The molecular formula is C17H18F3N5O2. The molecule has 1 saturated heterocycles. The third kappa shape index (κ3) is 4.92. The van der Waals surface area contributed by atoms with E-state index in [9.17, 15) is 18.0 Å². The first-order valence-electron chi connectivity index (χ1n) is 8.35. The Labute approximate surface area is 153 Å². The zero-order valence-electron chi connectivity index (χ0n) is 14.3. The van der Waals surface area contributed by atoms with E-state index in [1.54, 1.807) is 0 Å². The summed E-state index contributed by atoms with van der Waals surface area (Å²) in [6, 6.07) is 1.67. The summed E-state index contributed by atoms with van der Waals surface area (Å²) in [7, 11) is 0. The summed E-state index contributed by atoms with van der Waals surface area (Å²) in [6.07, 6.45) is 2.52. The Balaban J connectivity index is 1.53. The topological polar surface area (TPSA) is 79.4 Å². The lowest BCUT2D eigenvalue weighted by Gasteiger charge is -2.26. The number of ether oxygens (including phenoxy) is 1. The summed E-state index contributed by atoms with van der Waals surface area (Å²) in [4.78, 5) is 22.4. The van der Waals surface area contributed by atoms with Crippen LogP contribution in [-0.2, 0) is 4.74 Å². The summed E-state index contributed by atoms with van der Waals surface area (Å²) in [5.41, 5.74) is -0.413. The van der Waals surface area contributed by atoms with Gasteiger partial charge in [0.05, 0.1) is 24.5 Å².